The molecule has 0 aliphatic carbocycles. The van der Waals surface area contributed by atoms with Crippen molar-refractivity contribution in [3.8, 4) is 11.5 Å². The smallest absolute Gasteiger partial charge is 0.337 e. The molecule has 0 heterocycles. The van der Waals surface area contributed by atoms with Gasteiger partial charge < -0.3 is 19.9 Å². The number of ether oxygens (including phenoxy) is 2. The zero-order valence-electron chi connectivity index (χ0n) is 13.8. The highest BCUT2D eigenvalue weighted by atomic mass is 35.5. The fourth-order valence-corrected chi connectivity index (χ4v) is 2.64. The van der Waals surface area contributed by atoms with Crippen molar-refractivity contribution in [3.63, 3.8) is 0 Å². The van der Waals surface area contributed by atoms with E-state index in [4.69, 9.17) is 38.4 Å². The van der Waals surface area contributed by atoms with Gasteiger partial charge >= 0.3 is 5.97 Å². The van der Waals surface area contributed by atoms with Crippen LogP contribution < -0.4 is 20.1 Å². The summed E-state index contributed by atoms with van der Waals surface area (Å²) in [4.78, 5) is 23.5. The van der Waals surface area contributed by atoms with Crippen LogP contribution in [0.15, 0.2) is 36.4 Å². The monoisotopic (exact) mass is 394 g/mol. The second-order valence-electron chi connectivity index (χ2n) is 4.95. The number of benzene rings is 2. The lowest BCUT2D eigenvalue weighted by molar-refractivity contribution is 0.0697. The Labute approximate surface area is 159 Å². The summed E-state index contributed by atoms with van der Waals surface area (Å²) >= 11 is 11.0. The molecular formula is C17H15ClN2O5S. The zero-order chi connectivity index (χ0) is 19.3. The van der Waals surface area contributed by atoms with E-state index in [0.717, 1.165) is 0 Å². The molecule has 3 N–H and O–H groups in total. The molecule has 2 aromatic carbocycles. The standard InChI is InChI=1S/C17H15ClN2O5S/c1-24-12-4-3-5-13(25-2)14(12)15(21)20-17(26)19-9-6-7-10(16(22)23)11(18)8-9/h3-8H,1-2H3,(H,22,23)(H2,19,20,21,26). The average molecular weight is 395 g/mol. The van der Waals surface area contributed by atoms with Crippen molar-refractivity contribution in [2.24, 2.45) is 0 Å². The van der Waals surface area contributed by atoms with Crippen LogP contribution in [0.1, 0.15) is 20.7 Å². The number of methoxy groups -OCH3 is 2. The molecule has 26 heavy (non-hydrogen) atoms. The highest BCUT2D eigenvalue weighted by molar-refractivity contribution is 7.80. The molecule has 2 aromatic rings. The lowest BCUT2D eigenvalue weighted by Crippen LogP contribution is -2.34. The van der Waals surface area contributed by atoms with Crippen molar-refractivity contribution < 1.29 is 24.2 Å². The largest absolute Gasteiger partial charge is 0.496 e. The van der Waals surface area contributed by atoms with Gasteiger partial charge in [0.15, 0.2) is 5.11 Å². The minimum atomic E-state index is -1.14. The molecular weight excluding hydrogens is 380 g/mol. The number of aromatic carboxylic acids is 1. The Morgan fingerprint density at radius 1 is 1.12 bits per heavy atom. The molecule has 7 nitrogen and oxygen atoms in total. The van der Waals surface area contributed by atoms with Crippen molar-refractivity contribution in [3.05, 3.63) is 52.5 Å². The van der Waals surface area contributed by atoms with Crippen molar-refractivity contribution in [1.29, 1.82) is 0 Å². The van der Waals surface area contributed by atoms with Gasteiger partial charge in [-0.25, -0.2) is 4.79 Å². The average Bonchev–Trinajstić information content (AvgIpc) is 2.60. The molecule has 2 rings (SSSR count). The Morgan fingerprint density at radius 3 is 2.23 bits per heavy atom. The molecule has 0 atom stereocenters. The zero-order valence-corrected chi connectivity index (χ0v) is 15.4. The predicted octanol–water partition coefficient (Wildman–Crippen LogP) is 3.18. The van der Waals surface area contributed by atoms with E-state index in [2.05, 4.69) is 10.6 Å². The number of thiocarbonyl (C=S) groups is 1. The van der Waals surface area contributed by atoms with E-state index in [1.807, 2.05) is 0 Å². The van der Waals surface area contributed by atoms with E-state index in [9.17, 15) is 9.59 Å². The van der Waals surface area contributed by atoms with Gasteiger partial charge in [0.05, 0.1) is 24.8 Å². The number of hydrogen-bond acceptors (Lipinski definition) is 5. The fraction of sp³-hybridized carbons (Fsp3) is 0.118. The van der Waals surface area contributed by atoms with Crippen LogP contribution in [-0.2, 0) is 0 Å². The van der Waals surface area contributed by atoms with Gasteiger partial charge in [0.25, 0.3) is 5.91 Å². The van der Waals surface area contributed by atoms with Crippen molar-refractivity contribution in [2.45, 2.75) is 0 Å². The van der Waals surface area contributed by atoms with E-state index in [1.165, 1.54) is 32.4 Å². The second-order valence-corrected chi connectivity index (χ2v) is 5.76. The summed E-state index contributed by atoms with van der Waals surface area (Å²) < 4.78 is 10.4. The van der Waals surface area contributed by atoms with Crippen molar-refractivity contribution >= 4 is 46.5 Å². The SMILES string of the molecule is COc1cccc(OC)c1C(=O)NC(=S)Nc1ccc(C(=O)O)c(Cl)c1. The third-order valence-corrected chi connectivity index (χ3v) is 3.86. The first-order chi connectivity index (χ1) is 12.4. The molecule has 0 radical (unpaired) electrons. The first-order valence-corrected chi connectivity index (χ1v) is 8.02. The predicted molar refractivity (Wildman–Crippen MR) is 102 cm³/mol. The molecule has 0 aliphatic heterocycles. The Morgan fingerprint density at radius 2 is 1.73 bits per heavy atom. The number of carbonyl (C=O) groups is 2. The summed E-state index contributed by atoms with van der Waals surface area (Å²) in [5.41, 5.74) is 0.587. The van der Waals surface area contributed by atoms with Gasteiger partial charge in [-0.05, 0) is 42.5 Å². The molecule has 9 heteroatoms. The molecule has 136 valence electrons. The highest BCUT2D eigenvalue weighted by Crippen LogP contribution is 2.28. The number of halogens is 1. The number of carbonyl (C=O) groups excluding carboxylic acids is 1. The first kappa shape index (κ1) is 19.5. The molecule has 0 saturated carbocycles. The Bertz CT molecular complexity index is 850. The lowest BCUT2D eigenvalue weighted by Gasteiger charge is -2.14. The number of hydrogen-bond donors (Lipinski definition) is 3. The molecule has 0 spiro atoms. The van der Waals surface area contributed by atoms with Crippen LogP contribution in [0.5, 0.6) is 11.5 Å². The Balaban J connectivity index is 2.15. The third kappa shape index (κ3) is 4.41. The fourth-order valence-electron chi connectivity index (χ4n) is 2.17. The minimum Gasteiger partial charge on any atom is -0.496 e. The highest BCUT2D eigenvalue weighted by Gasteiger charge is 2.19. The van der Waals surface area contributed by atoms with E-state index in [-0.39, 0.29) is 21.3 Å². The van der Waals surface area contributed by atoms with E-state index < -0.39 is 11.9 Å². The normalized spacial score (nSPS) is 9.96. The summed E-state index contributed by atoms with van der Waals surface area (Å²) in [6, 6.07) is 9.15. The number of anilines is 1. The molecule has 1 amide bonds. The number of amides is 1. The second kappa shape index (κ2) is 8.50. The summed E-state index contributed by atoms with van der Waals surface area (Å²) in [6.45, 7) is 0. The van der Waals surface area contributed by atoms with Gasteiger partial charge in [-0.15, -0.1) is 0 Å². The van der Waals surface area contributed by atoms with E-state index >= 15 is 0 Å². The van der Waals surface area contributed by atoms with E-state index in [0.29, 0.717) is 17.2 Å². The quantitative estimate of drug-likeness (QED) is 0.670. The molecule has 0 aromatic heterocycles. The molecule has 0 saturated heterocycles. The van der Waals surface area contributed by atoms with Crippen LogP contribution in [0.25, 0.3) is 0 Å². The van der Waals surface area contributed by atoms with Crippen LogP contribution in [-0.4, -0.2) is 36.3 Å². The topological polar surface area (TPSA) is 96.9 Å². The van der Waals surface area contributed by atoms with Crippen LogP contribution in [0.3, 0.4) is 0 Å². The van der Waals surface area contributed by atoms with Crippen LogP contribution in [0.4, 0.5) is 5.69 Å². The van der Waals surface area contributed by atoms with Gasteiger partial charge in [-0.1, -0.05) is 17.7 Å². The number of carboxylic acids is 1. The summed E-state index contributed by atoms with van der Waals surface area (Å²) in [5, 5.41) is 14.3. The molecule has 0 aliphatic rings. The third-order valence-electron chi connectivity index (χ3n) is 3.34. The van der Waals surface area contributed by atoms with Crippen LogP contribution in [0, 0.1) is 0 Å². The van der Waals surface area contributed by atoms with Gasteiger partial charge in [-0.3, -0.25) is 10.1 Å². The molecule has 0 bridgehead atoms. The maximum atomic E-state index is 12.5. The maximum absolute atomic E-state index is 12.5. The summed E-state index contributed by atoms with van der Waals surface area (Å²) in [7, 11) is 2.88. The Hall–Kier alpha value is -2.84. The van der Waals surface area contributed by atoms with Crippen LogP contribution in [0.2, 0.25) is 5.02 Å². The van der Waals surface area contributed by atoms with Crippen molar-refractivity contribution in [2.75, 3.05) is 19.5 Å². The van der Waals surface area contributed by atoms with Crippen molar-refractivity contribution in [1.82, 2.24) is 5.32 Å². The number of rotatable bonds is 5. The molecule has 0 fully saturated rings. The van der Waals surface area contributed by atoms with Gasteiger partial charge in [-0.2, -0.15) is 0 Å². The summed E-state index contributed by atoms with van der Waals surface area (Å²) in [5.74, 6) is -0.997. The first-order valence-electron chi connectivity index (χ1n) is 7.23. The lowest BCUT2D eigenvalue weighted by atomic mass is 10.1. The number of nitrogens with one attached hydrogen (secondary N) is 2. The maximum Gasteiger partial charge on any atom is 0.337 e. The van der Waals surface area contributed by atoms with Crippen LogP contribution >= 0.6 is 23.8 Å². The van der Waals surface area contributed by atoms with Gasteiger partial charge in [0.1, 0.15) is 17.1 Å². The minimum absolute atomic E-state index is 0.00195. The summed E-state index contributed by atoms with van der Waals surface area (Å²) in [6.07, 6.45) is 0. The number of carboxylic acid groups (broad SMARTS) is 1. The molecule has 0 unspecified atom stereocenters. The van der Waals surface area contributed by atoms with Gasteiger partial charge in [0, 0.05) is 5.69 Å². The van der Waals surface area contributed by atoms with E-state index in [1.54, 1.807) is 18.2 Å². The van der Waals surface area contributed by atoms with Gasteiger partial charge in [0.2, 0.25) is 0 Å². The Kier molecular flexibility index (Phi) is 6.37.